The standard InChI is InChI=1S/C9H21NO/c1-8(2,3)9(4,5)10(6)11-7/h1-7H3. The molecule has 0 rings (SSSR count). The Balaban J connectivity index is 4.45. The Bertz CT molecular complexity index is 124. The zero-order chi connectivity index (χ0) is 9.28. The van der Waals surface area contributed by atoms with Crippen LogP contribution in [0.15, 0.2) is 0 Å². The van der Waals surface area contributed by atoms with Gasteiger partial charge in [0.25, 0.3) is 0 Å². The second kappa shape index (κ2) is 3.11. The van der Waals surface area contributed by atoms with E-state index in [1.807, 2.05) is 12.1 Å². The minimum absolute atomic E-state index is 0.0573. The molecule has 0 bridgehead atoms. The fourth-order valence-electron chi connectivity index (χ4n) is 0.701. The third kappa shape index (κ3) is 2.17. The predicted molar refractivity (Wildman–Crippen MR) is 48.3 cm³/mol. The van der Waals surface area contributed by atoms with Gasteiger partial charge in [0.2, 0.25) is 0 Å². The molecule has 2 nitrogen and oxygen atoms in total. The predicted octanol–water partition coefficient (Wildman–Crippen LogP) is 2.30. The smallest absolute Gasteiger partial charge is 0.0575 e. The van der Waals surface area contributed by atoms with Gasteiger partial charge in [-0.15, -0.1) is 0 Å². The van der Waals surface area contributed by atoms with Crippen LogP contribution in [0.25, 0.3) is 0 Å². The summed E-state index contributed by atoms with van der Waals surface area (Å²) in [5.41, 5.74) is 0.277. The quantitative estimate of drug-likeness (QED) is 0.573. The van der Waals surface area contributed by atoms with E-state index in [2.05, 4.69) is 34.6 Å². The molecule has 0 spiro atoms. The molecule has 0 N–H and O–H groups in total. The number of hydrogen-bond acceptors (Lipinski definition) is 2. The highest BCUT2D eigenvalue weighted by molar-refractivity contribution is 4.88. The lowest BCUT2D eigenvalue weighted by atomic mass is 9.76. The molecular weight excluding hydrogens is 138 g/mol. The summed E-state index contributed by atoms with van der Waals surface area (Å²) in [6.45, 7) is 11.0. The van der Waals surface area contributed by atoms with Gasteiger partial charge in [0.05, 0.1) is 7.11 Å². The molecule has 0 fully saturated rings. The topological polar surface area (TPSA) is 12.5 Å². The highest BCUT2D eigenvalue weighted by atomic mass is 16.7. The SMILES string of the molecule is CON(C)C(C)(C)C(C)(C)C. The maximum atomic E-state index is 5.17. The van der Waals surface area contributed by atoms with Crippen molar-refractivity contribution in [3.05, 3.63) is 0 Å². The van der Waals surface area contributed by atoms with Crippen LogP contribution >= 0.6 is 0 Å². The van der Waals surface area contributed by atoms with Crippen LogP contribution in [0.3, 0.4) is 0 Å². The minimum Gasteiger partial charge on any atom is -0.302 e. The third-order valence-electron chi connectivity index (χ3n) is 2.90. The lowest BCUT2D eigenvalue weighted by Gasteiger charge is -2.44. The molecule has 0 heterocycles. The Hall–Kier alpha value is -0.0800. The molecule has 2 heteroatoms. The first kappa shape index (κ1) is 10.9. The van der Waals surface area contributed by atoms with Crippen molar-refractivity contribution in [3.8, 4) is 0 Å². The van der Waals surface area contributed by atoms with E-state index < -0.39 is 0 Å². The maximum Gasteiger partial charge on any atom is 0.0575 e. The van der Waals surface area contributed by atoms with Gasteiger partial charge >= 0.3 is 0 Å². The van der Waals surface area contributed by atoms with Crippen LogP contribution in [0.2, 0.25) is 0 Å². The van der Waals surface area contributed by atoms with Crippen molar-refractivity contribution in [1.82, 2.24) is 5.06 Å². The molecule has 0 saturated carbocycles. The Kier molecular flexibility index (Phi) is 3.09. The van der Waals surface area contributed by atoms with Crippen molar-refractivity contribution >= 4 is 0 Å². The Morgan fingerprint density at radius 2 is 1.36 bits per heavy atom. The molecule has 0 aliphatic heterocycles. The molecule has 0 unspecified atom stereocenters. The van der Waals surface area contributed by atoms with Crippen LogP contribution in [0, 0.1) is 5.41 Å². The van der Waals surface area contributed by atoms with Gasteiger partial charge in [-0.25, -0.2) is 0 Å². The molecular formula is C9H21NO. The van der Waals surface area contributed by atoms with E-state index in [4.69, 9.17) is 4.84 Å². The zero-order valence-corrected chi connectivity index (χ0v) is 8.86. The molecule has 0 aromatic carbocycles. The van der Waals surface area contributed by atoms with Crippen LogP contribution in [-0.4, -0.2) is 24.8 Å². The Morgan fingerprint density at radius 1 is 1.00 bits per heavy atom. The van der Waals surface area contributed by atoms with E-state index in [0.29, 0.717) is 0 Å². The van der Waals surface area contributed by atoms with Crippen molar-refractivity contribution in [2.45, 2.75) is 40.2 Å². The highest BCUT2D eigenvalue weighted by Gasteiger charge is 2.36. The van der Waals surface area contributed by atoms with Crippen molar-refractivity contribution < 1.29 is 4.84 Å². The first-order chi connectivity index (χ1) is 4.73. The monoisotopic (exact) mass is 159 g/mol. The third-order valence-corrected chi connectivity index (χ3v) is 2.90. The summed E-state index contributed by atoms with van der Waals surface area (Å²) in [5.74, 6) is 0. The summed E-state index contributed by atoms with van der Waals surface area (Å²) in [4.78, 5) is 5.17. The molecule has 0 atom stereocenters. The molecule has 0 aliphatic rings. The second-order valence-electron chi connectivity index (χ2n) is 4.49. The van der Waals surface area contributed by atoms with Gasteiger partial charge in [-0.3, -0.25) is 0 Å². The zero-order valence-electron chi connectivity index (χ0n) is 8.86. The minimum atomic E-state index is 0.0573. The summed E-state index contributed by atoms with van der Waals surface area (Å²) < 4.78 is 0. The van der Waals surface area contributed by atoms with E-state index in [-0.39, 0.29) is 11.0 Å². The summed E-state index contributed by atoms with van der Waals surface area (Å²) in [6.07, 6.45) is 0. The van der Waals surface area contributed by atoms with Crippen molar-refractivity contribution in [1.29, 1.82) is 0 Å². The normalized spacial score (nSPS) is 14.2. The lowest BCUT2D eigenvalue weighted by Crippen LogP contribution is -2.50. The van der Waals surface area contributed by atoms with Gasteiger partial charge in [0.15, 0.2) is 0 Å². The van der Waals surface area contributed by atoms with Crippen LogP contribution in [0.4, 0.5) is 0 Å². The van der Waals surface area contributed by atoms with Crippen LogP contribution in [0.5, 0.6) is 0 Å². The second-order valence-corrected chi connectivity index (χ2v) is 4.49. The number of hydrogen-bond donors (Lipinski definition) is 0. The lowest BCUT2D eigenvalue weighted by molar-refractivity contribution is -0.201. The van der Waals surface area contributed by atoms with E-state index >= 15 is 0 Å². The summed E-state index contributed by atoms with van der Waals surface area (Å²) in [7, 11) is 3.67. The van der Waals surface area contributed by atoms with Gasteiger partial charge in [0, 0.05) is 12.6 Å². The van der Waals surface area contributed by atoms with E-state index in [1.165, 1.54) is 0 Å². The van der Waals surface area contributed by atoms with Gasteiger partial charge in [-0.1, -0.05) is 20.8 Å². The van der Waals surface area contributed by atoms with Crippen LogP contribution in [0.1, 0.15) is 34.6 Å². The first-order valence-corrected chi connectivity index (χ1v) is 4.01. The summed E-state index contributed by atoms with van der Waals surface area (Å²) in [6, 6.07) is 0. The van der Waals surface area contributed by atoms with Gasteiger partial charge in [0.1, 0.15) is 0 Å². The molecule has 0 amide bonds. The largest absolute Gasteiger partial charge is 0.302 e. The number of rotatable bonds is 2. The van der Waals surface area contributed by atoms with E-state index in [1.54, 1.807) is 7.11 Å². The number of nitrogens with zero attached hydrogens (tertiary/aromatic N) is 1. The van der Waals surface area contributed by atoms with Crippen LogP contribution in [-0.2, 0) is 4.84 Å². The molecule has 0 saturated heterocycles. The Labute approximate surface area is 70.5 Å². The van der Waals surface area contributed by atoms with Gasteiger partial charge < -0.3 is 4.84 Å². The highest BCUT2D eigenvalue weighted by Crippen LogP contribution is 2.33. The maximum absolute atomic E-state index is 5.17. The van der Waals surface area contributed by atoms with Crippen molar-refractivity contribution in [2.75, 3.05) is 14.2 Å². The fraction of sp³-hybridized carbons (Fsp3) is 1.00. The molecule has 0 aromatic rings. The van der Waals surface area contributed by atoms with Crippen LogP contribution < -0.4 is 0 Å². The van der Waals surface area contributed by atoms with Gasteiger partial charge in [-0.05, 0) is 19.3 Å². The average molecular weight is 159 g/mol. The van der Waals surface area contributed by atoms with Crippen molar-refractivity contribution in [3.63, 3.8) is 0 Å². The first-order valence-electron chi connectivity index (χ1n) is 4.01. The molecule has 11 heavy (non-hydrogen) atoms. The molecule has 0 radical (unpaired) electrons. The average Bonchev–Trinajstić information content (AvgIpc) is 1.83. The molecule has 0 aromatic heterocycles. The van der Waals surface area contributed by atoms with Gasteiger partial charge in [-0.2, -0.15) is 5.06 Å². The number of hydroxylamine groups is 2. The summed E-state index contributed by atoms with van der Waals surface area (Å²) in [5, 5.41) is 1.90. The van der Waals surface area contributed by atoms with E-state index in [9.17, 15) is 0 Å². The molecule has 0 aliphatic carbocycles. The van der Waals surface area contributed by atoms with E-state index in [0.717, 1.165) is 0 Å². The Morgan fingerprint density at radius 3 is 1.45 bits per heavy atom. The summed E-state index contributed by atoms with van der Waals surface area (Å²) >= 11 is 0. The molecule has 68 valence electrons. The fourth-order valence-corrected chi connectivity index (χ4v) is 0.701. The van der Waals surface area contributed by atoms with Crippen molar-refractivity contribution in [2.24, 2.45) is 5.41 Å².